The Kier molecular flexibility index (Phi) is 4.77. The van der Waals surface area contributed by atoms with Crippen molar-refractivity contribution in [3.8, 4) is 0 Å². The van der Waals surface area contributed by atoms with Gasteiger partial charge in [0.15, 0.2) is 0 Å². The molecule has 1 aromatic carbocycles. The average molecular weight is 217 g/mol. The van der Waals surface area contributed by atoms with Gasteiger partial charge in [-0.3, -0.25) is 4.79 Å². The molecular weight excluding hydrogens is 198 g/mol. The van der Waals surface area contributed by atoms with Crippen LogP contribution in [0.2, 0.25) is 0 Å². The highest BCUT2D eigenvalue weighted by Crippen LogP contribution is 2.12. The maximum Gasteiger partial charge on any atom is 0.219 e. The van der Waals surface area contributed by atoms with Gasteiger partial charge in [-0.1, -0.05) is 36.4 Å². The Morgan fingerprint density at radius 1 is 1.25 bits per heavy atom. The first-order valence-electron chi connectivity index (χ1n) is 5.62. The number of hydrogen-bond acceptors (Lipinski definition) is 1. The fraction of sp³-hybridized carbons (Fsp3) is 0.357. The number of likely N-dealkylation sites (N-methyl/N-ethyl adjacent to an activating group) is 1. The highest BCUT2D eigenvalue weighted by molar-refractivity contribution is 5.74. The van der Waals surface area contributed by atoms with E-state index in [0.717, 1.165) is 6.54 Å². The third-order valence-electron chi connectivity index (χ3n) is 2.67. The number of hydrogen-bond donors (Lipinski definition) is 0. The molecule has 0 heterocycles. The van der Waals surface area contributed by atoms with Crippen LogP contribution in [0.4, 0.5) is 0 Å². The summed E-state index contributed by atoms with van der Waals surface area (Å²) in [6.45, 7) is 7.12. The molecule has 86 valence electrons. The van der Waals surface area contributed by atoms with Crippen molar-refractivity contribution in [1.29, 1.82) is 0 Å². The summed E-state index contributed by atoms with van der Waals surface area (Å²) >= 11 is 0. The predicted molar refractivity (Wildman–Crippen MR) is 68.0 cm³/mol. The third-order valence-corrected chi connectivity index (χ3v) is 2.67. The Hall–Kier alpha value is -1.57. The van der Waals surface area contributed by atoms with E-state index in [-0.39, 0.29) is 5.91 Å². The smallest absolute Gasteiger partial charge is 0.219 e. The van der Waals surface area contributed by atoms with Gasteiger partial charge in [0.2, 0.25) is 5.91 Å². The van der Waals surface area contributed by atoms with Crippen LogP contribution in [0.3, 0.4) is 0 Å². The van der Waals surface area contributed by atoms with Crippen molar-refractivity contribution >= 4 is 11.5 Å². The Morgan fingerprint density at radius 2 is 1.88 bits per heavy atom. The van der Waals surface area contributed by atoms with Crippen LogP contribution in [-0.4, -0.2) is 23.9 Å². The van der Waals surface area contributed by atoms with E-state index in [1.165, 1.54) is 11.1 Å². The monoisotopic (exact) mass is 217 g/mol. The van der Waals surface area contributed by atoms with Gasteiger partial charge >= 0.3 is 0 Å². The second-order valence-electron chi connectivity index (χ2n) is 3.81. The highest BCUT2D eigenvalue weighted by atomic mass is 16.2. The molecule has 0 aliphatic carbocycles. The fourth-order valence-electron chi connectivity index (χ4n) is 1.55. The molecule has 0 atom stereocenters. The van der Waals surface area contributed by atoms with Crippen molar-refractivity contribution < 1.29 is 4.79 Å². The van der Waals surface area contributed by atoms with Gasteiger partial charge in [0.25, 0.3) is 0 Å². The van der Waals surface area contributed by atoms with Gasteiger partial charge in [-0.05, 0) is 25.0 Å². The Bertz CT molecular complexity index is 368. The normalized spacial score (nSPS) is 11.3. The third kappa shape index (κ3) is 3.54. The first kappa shape index (κ1) is 12.5. The zero-order valence-corrected chi connectivity index (χ0v) is 10.2. The van der Waals surface area contributed by atoms with Crippen molar-refractivity contribution in [3.63, 3.8) is 0 Å². The predicted octanol–water partition coefficient (Wildman–Crippen LogP) is 2.96. The summed E-state index contributed by atoms with van der Waals surface area (Å²) in [7, 11) is 0. The first-order chi connectivity index (χ1) is 7.65. The SMILES string of the molecule is CCN(C/C=C(\C)c1ccccc1)C(C)=O. The number of amides is 1. The second-order valence-corrected chi connectivity index (χ2v) is 3.81. The number of nitrogens with zero attached hydrogens (tertiary/aromatic N) is 1. The van der Waals surface area contributed by atoms with Crippen LogP contribution in [0, 0.1) is 0 Å². The van der Waals surface area contributed by atoms with E-state index in [0.29, 0.717) is 6.54 Å². The van der Waals surface area contributed by atoms with Gasteiger partial charge in [0, 0.05) is 20.0 Å². The van der Waals surface area contributed by atoms with Crippen molar-refractivity contribution in [3.05, 3.63) is 42.0 Å². The van der Waals surface area contributed by atoms with Gasteiger partial charge in [-0.25, -0.2) is 0 Å². The molecule has 0 radical (unpaired) electrons. The summed E-state index contributed by atoms with van der Waals surface area (Å²) in [4.78, 5) is 13.0. The molecule has 1 aromatic rings. The van der Waals surface area contributed by atoms with Gasteiger partial charge in [0.1, 0.15) is 0 Å². The summed E-state index contributed by atoms with van der Waals surface area (Å²) < 4.78 is 0. The van der Waals surface area contributed by atoms with E-state index in [1.54, 1.807) is 6.92 Å². The standard InChI is InChI=1S/C14H19NO/c1-4-15(13(3)16)11-10-12(2)14-8-6-5-7-9-14/h5-10H,4,11H2,1-3H3/b12-10+. The number of rotatable bonds is 4. The van der Waals surface area contributed by atoms with E-state index < -0.39 is 0 Å². The van der Waals surface area contributed by atoms with Crippen molar-refractivity contribution in [1.82, 2.24) is 4.90 Å². The van der Waals surface area contributed by atoms with Crippen molar-refractivity contribution in [2.24, 2.45) is 0 Å². The van der Waals surface area contributed by atoms with E-state index in [2.05, 4.69) is 25.1 Å². The molecule has 16 heavy (non-hydrogen) atoms. The first-order valence-corrected chi connectivity index (χ1v) is 5.62. The van der Waals surface area contributed by atoms with Crippen molar-refractivity contribution in [2.45, 2.75) is 20.8 Å². The van der Waals surface area contributed by atoms with Crippen LogP contribution in [-0.2, 0) is 4.79 Å². The lowest BCUT2D eigenvalue weighted by atomic mass is 10.1. The lowest BCUT2D eigenvalue weighted by molar-refractivity contribution is -0.128. The molecule has 0 fully saturated rings. The van der Waals surface area contributed by atoms with Gasteiger partial charge in [0.05, 0.1) is 0 Å². The molecule has 1 rings (SSSR count). The molecule has 0 spiro atoms. The maximum atomic E-state index is 11.2. The molecule has 1 amide bonds. The van der Waals surface area contributed by atoms with Crippen LogP contribution in [0.5, 0.6) is 0 Å². The fourth-order valence-corrected chi connectivity index (χ4v) is 1.55. The van der Waals surface area contributed by atoms with Crippen LogP contribution < -0.4 is 0 Å². The van der Waals surface area contributed by atoms with E-state index in [4.69, 9.17) is 0 Å². The van der Waals surface area contributed by atoms with E-state index >= 15 is 0 Å². The summed E-state index contributed by atoms with van der Waals surface area (Å²) in [6.07, 6.45) is 2.10. The Balaban J connectivity index is 2.67. The Morgan fingerprint density at radius 3 is 2.38 bits per heavy atom. The molecule has 2 nitrogen and oxygen atoms in total. The average Bonchev–Trinajstić information content (AvgIpc) is 2.30. The molecule has 0 aliphatic heterocycles. The van der Waals surface area contributed by atoms with E-state index in [9.17, 15) is 4.79 Å². The molecule has 0 saturated heterocycles. The molecule has 0 N–H and O–H groups in total. The quantitative estimate of drug-likeness (QED) is 0.759. The van der Waals surface area contributed by atoms with Gasteiger partial charge in [-0.15, -0.1) is 0 Å². The number of carbonyl (C=O) groups is 1. The number of allylic oxidation sites excluding steroid dienone is 1. The minimum Gasteiger partial charge on any atom is -0.339 e. The van der Waals surface area contributed by atoms with E-state index in [1.807, 2.05) is 30.0 Å². The second kappa shape index (κ2) is 6.11. The molecule has 2 heteroatoms. The highest BCUT2D eigenvalue weighted by Gasteiger charge is 2.03. The van der Waals surface area contributed by atoms with Crippen LogP contribution in [0.25, 0.3) is 5.57 Å². The van der Waals surface area contributed by atoms with Crippen molar-refractivity contribution in [2.75, 3.05) is 13.1 Å². The lowest BCUT2D eigenvalue weighted by Crippen LogP contribution is -2.28. The van der Waals surface area contributed by atoms with Crippen LogP contribution in [0.15, 0.2) is 36.4 Å². The van der Waals surface area contributed by atoms with Gasteiger partial charge in [-0.2, -0.15) is 0 Å². The molecule has 0 aromatic heterocycles. The summed E-state index contributed by atoms with van der Waals surface area (Å²) in [6, 6.07) is 10.2. The summed E-state index contributed by atoms with van der Waals surface area (Å²) in [5.74, 6) is 0.125. The van der Waals surface area contributed by atoms with Gasteiger partial charge < -0.3 is 4.90 Å². The molecule has 0 saturated carbocycles. The lowest BCUT2D eigenvalue weighted by Gasteiger charge is -2.16. The molecule has 0 aliphatic rings. The van der Waals surface area contributed by atoms with Crippen LogP contribution >= 0.6 is 0 Å². The molecular formula is C14H19NO. The minimum absolute atomic E-state index is 0.125. The van der Waals surface area contributed by atoms with Crippen LogP contribution in [0.1, 0.15) is 26.3 Å². The largest absolute Gasteiger partial charge is 0.339 e. The molecule has 0 unspecified atom stereocenters. The zero-order valence-electron chi connectivity index (χ0n) is 10.2. The molecule has 0 bridgehead atoms. The maximum absolute atomic E-state index is 11.2. The number of carbonyl (C=O) groups excluding carboxylic acids is 1. The minimum atomic E-state index is 0.125. The zero-order chi connectivity index (χ0) is 12.0. The number of benzene rings is 1. The summed E-state index contributed by atoms with van der Waals surface area (Å²) in [5, 5.41) is 0. The topological polar surface area (TPSA) is 20.3 Å². The Labute approximate surface area is 97.6 Å². The summed E-state index contributed by atoms with van der Waals surface area (Å²) in [5.41, 5.74) is 2.42.